The van der Waals surface area contributed by atoms with Gasteiger partial charge in [0.05, 0.1) is 17.7 Å². The summed E-state index contributed by atoms with van der Waals surface area (Å²) >= 11 is 12.7. The van der Waals surface area contributed by atoms with Crippen molar-refractivity contribution in [3.05, 3.63) is 124 Å². The molecule has 4 rings (SSSR count). The SMILES string of the molecule is COc1ccccc1N(CC(=O)N(Cc1ccc(Cl)cc1Cl)[C@H](Cc1ccccc1)C(=O)NC(C)C)S(=O)(=O)c1ccc(C)cc1. The summed E-state index contributed by atoms with van der Waals surface area (Å²) in [5, 5.41) is 3.65. The van der Waals surface area contributed by atoms with Crippen LogP contribution in [0.4, 0.5) is 5.69 Å². The first kappa shape index (κ1) is 34.8. The van der Waals surface area contributed by atoms with Gasteiger partial charge < -0.3 is 15.0 Å². The lowest BCUT2D eigenvalue weighted by Gasteiger charge is -2.34. The molecular weight excluding hydrogens is 645 g/mol. The van der Waals surface area contributed by atoms with Crippen molar-refractivity contribution in [3.8, 4) is 5.75 Å². The van der Waals surface area contributed by atoms with Crippen LogP contribution in [0.25, 0.3) is 0 Å². The Labute approximate surface area is 280 Å². The van der Waals surface area contributed by atoms with Crippen LogP contribution < -0.4 is 14.4 Å². The van der Waals surface area contributed by atoms with Crippen molar-refractivity contribution in [1.29, 1.82) is 0 Å². The molecule has 0 saturated carbocycles. The molecule has 2 amide bonds. The van der Waals surface area contributed by atoms with Crippen molar-refractivity contribution >= 4 is 50.7 Å². The maximum absolute atomic E-state index is 14.6. The zero-order valence-electron chi connectivity index (χ0n) is 26.1. The number of sulfonamides is 1. The summed E-state index contributed by atoms with van der Waals surface area (Å²) in [5.74, 6) is -0.744. The fourth-order valence-electron chi connectivity index (χ4n) is 4.95. The smallest absolute Gasteiger partial charge is 0.264 e. The Morgan fingerprint density at radius 3 is 2.17 bits per heavy atom. The first-order valence-corrected chi connectivity index (χ1v) is 16.9. The van der Waals surface area contributed by atoms with Gasteiger partial charge in [-0.1, -0.05) is 89.4 Å². The van der Waals surface area contributed by atoms with E-state index in [1.165, 1.54) is 24.1 Å². The average molecular weight is 683 g/mol. The van der Waals surface area contributed by atoms with Crippen LogP contribution in [0.1, 0.15) is 30.5 Å². The van der Waals surface area contributed by atoms with Crippen LogP contribution >= 0.6 is 23.2 Å². The van der Waals surface area contributed by atoms with Crippen LogP contribution in [0.2, 0.25) is 10.0 Å². The minimum absolute atomic E-state index is 0.00230. The zero-order chi connectivity index (χ0) is 33.4. The zero-order valence-corrected chi connectivity index (χ0v) is 28.4. The highest BCUT2D eigenvalue weighted by Crippen LogP contribution is 2.33. The lowest BCUT2D eigenvalue weighted by Crippen LogP contribution is -2.54. The fourth-order valence-corrected chi connectivity index (χ4v) is 6.85. The number of aryl methyl sites for hydroxylation is 1. The molecule has 0 bridgehead atoms. The van der Waals surface area contributed by atoms with Crippen LogP contribution in [0, 0.1) is 6.92 Å². The van der Waals surface area contributed by atoms with Gasteiger partial charge in [-0.15, -0.1) is 0 Å². The Bertz CT molecular complexity index is 1770. The van der Waals surface area contributed by atoms with Crippen molar-refractivity contribution in [2.24, 2.45) is 0 Å². The van der Waals surface area contributed by atoms with Gasteiger partial charge in [0.1, 0.15) is 18.3 Å². The summed E-state index contributed by atoms with van der Waals surface area (Å²) in [6, 6.07) is 25.9. The van der Waals surface area contributed by atoms with Crippen LogP contribution in [-0.2, 0) is 32.6 Å². The number of ether oxygens (including phenoxy) is 1. The van der Waals surface area contributed by atoms with E-state index in [2.05, 4.69) is 5.32 Å². The Morgan fingerprint density at radius 2 is 1.54 bits per heavy atom. The maximum atomic E-state index is 14.6. The predicted octanol–water partition coefficient (Wildman–Crippen LogP) is 6.67. The first-order chi connectivity index (χ1) is 21.9. The molecule has 1 N–H and O–H groups in total. The van der Waals surface area contributed by atoms with Gasteiger partial charge >= 0.3 is 0 Å². The molecule has 0 radical (unpaired) electrons. The minimum Gasteiger partial charge on any atom is -0.495 e. The number of hydrogen-bond acceptors (Lipinski definition) is 5. The molecular formula is C35H37Cl2N3O5S. The molecule has 0 heterocycles. The van der Waals surface area contributed by atoms with Crippen LogP contribution in [-0.4, -0.2) is 50.9 Å². The van der Waals surface area contributed by atoms with Gasteiger partial charge in [-0.3, -0.25) is 13.9 Å². The minimum atomic E-state index is -4.28. The Kier molecular flexibility index (Phi) is 11.7. The molecule has 0 aliphatic heterocycles. The summed E-state index contributed by atoms with van der Waals surface area (Å²) in [6.45, 7) is 4.81. The number of amides is 2. The molecule has 0 aromatic heterocycles. The van der Waals surface area contributed by atoms with E-state index in [-0.39, 0.29) is 41.2 Å². The number of carbonyl (C=O) groups is 2. The number of anilines is 1. The molecule has 0 saturated heterocycles. The highest BCUT2D eigenvalue weighted by Gasteiger charge is 2.36. The second-order valence-electron chi connectivity index (χ2n) is 11.1. The molecule has 11 heteroatoms. The topological polar surface area (TPSA) is 96.0 Å². The van der Waals surface area contributed by atoms with Crippen molar-refractivity contribution < 1.29 is 22.7 Å². The summed E-state index contributed by atoms with van der Waals surface area (Å²) in [5.41, 5.74) is 2.42. The normalized spacial score (nSPS) is 12.0. The number of nitrogens with zero attached hydrogens (tertiary/aromatic N) is 2. The molecule has 0 fully saturated rings. The number of halogens is 2. The first-order valence-electron chi connectivity index (χ1n) is 14.7. The van der Waals surface area contributed by atoms with E-state index >= 15 is 0 Å². The Morgan fingerprint density at radius 1 is 0.891 bits per heavy atom. The van der Waals surface area contributed by atoms with Gasteiger partial charge in [0.2, 0.25) is 11.8 Å². The van der Waals surface area contributed by atoms with Gasteiger partial charge in [-0.2, -0.15) is 0 Å². The molecule has 0 aliphatic rings. The summed E-state index contributed by atoms with van der Waals surface area (Å²) in [6.07, 6.45) is 0.176. The maximum Gasteiger partial charge on any atom is 0.264 e. The van der Waals surface area contributed by atoms with Crippen LogP contribution in [0.3, 0.4) is 0 Å². The quantitative estimate of drug-likeness (QED) is 0.170. The average Bonchev–Trinajstić information content (AvgIpc) is 3.02. The highest BCUT2D eigenvalue weighted by molar-refractivity contribution is 7.92. The van der Waals surface area contributed by atoms with Crippen molar-refractivity contribution in [2.45, 2.75) is 50.7 Å². The van der Waals surface area contributed by atoms with Gasteiger partial charge in [-0.05, 0) is 68.3 Å². The fraction of sp³-hybridized carbons (Fsp3) is 0.257. The molecule has 4 aromatic carbocycles. The van der Waals surface area contributed by atoms with Crippen molar-refractivity contribution in [1.82, 2.24) is 10.2 Å². The summed E-state index contributed by atoms with van der Waals surface area (Å²) < 4.78 is 35.0. The van der Waals surface area contributed by atoms with Crippen LogP contribution in [0.15, 0.2) is 102 Å². The van der Waals surface area contributed by atoms with E-state index in [0.717, 1.165) is 15.4 Å². The van der Waals surface area contributed by atoms with E-state index in [0.29, 0.717) is 15.6 Å². The monoisotopic (exact) mass is 681 g/mol. The van der Waals surface area contributed by atoms with Crippen molar-refractivity contribution in [2.75, 3.05) is 18.0 Å². The predicted molar refractivity (Wildman–Crippen MR) is 183 cm³/mol. The van der Waals surface area contributed by atoms with Gasteiger partial charge in [0, 0.05) is 29.1 Å². The lowest BCUT2D eigenvalue weighted by atomic mass is 10.0. The third-order valence-electron chi connectivity index (χ3n) is 7.30. The molecule has 4 aromatic rings. The molecule has 0 unspecified atom stereocenters. The molecule has 8 nitrogen and oxygen atoms in total. The van der Waals surface area contributed by atoms with E-state index in [1.807, 2.05) is 51.1 Å². The molecule has 0 spiro atoms. The Hall–Kier alpha value is -4.05. The second-order valence-corrected chi connectivity index (χ2v) is 13.8. The number of benzene rings is 4. The summed E-state index contributed by atoms with van der Waals surface area (Å²) in [4.78, 5) is 29.8. The lowest BCUT2D eigenvalue weighted by molar-refractivity contribution is -0.140. The molecule has 46 heavy (non-hydrogen) atoms. The molecule has 1 atom stereocenters. The number of methoxy groups -OCH3 is 1. The third-order valence-corrected chi connectivity index (χ3v) is 9.66. The second kappa shape index (κ2) is 15.5. The highest BCUT2D eigenvalue weighted by atomic mass is 35.5. The Balaban J connectivity index is 1.85. The molecule has 0 aliphatic carbocycles. The van der Waals surface area contributed by atoms with E-state index < -0.39 is 28.5 Å². The third kappa shape index (κ3) is 8.60. The van der Waals surface area contributed by atoms with Gasteiger partial charge in [0.25, 0.3) is 10.0 Å². The van der Waals surface area contributed by atoms with Crippen molar-refractivity contribution in [3.63, 3.8) is 0 Å². The molecule has 242 valence electrons. The van der Waals surface area contributed by atoms with E-state index in [9.17, 15) is 18.0 Å². The van der Waals surface area contributed by atoms with E-state index in [4.69, 9.17) is 27.9 Å². The summed E-state index contributed by atoms with van der Waals surface area (Å²) in [7, 11) is -2.85. The van der Waals surface area contributed by atoms with Gasteiger partial charge in [-0.25, -0.2) is 8.42 Å². The van der Waals surface area contributed by atoms with Crippen LogP contribution in [0.5, 0.6) is 5.75 Å². The number of rotatable bonds is 13. The number of para-hydroxylation sites is 2. The number of carbonyl (C=O) groups excluding carboxylic acids is 2. The standard InChI is InChI=1S/C35H37Cl2N3O5S/c1-24(2)38-35(42)32(20-26-10-6-5-7-11-26)39(22-27-16-17-28(36)21-30(27)37)34(41)23-40(31-12-8-9-13-33(31)45-4)46(43,44)29-18-14-25(3)15-19-29/h5-19,21,24,32H,20,22-23H2,1-4H3,(H,38,42)/t32-/m1/s1. The van der Waals surface area contributed by atoms with E-state index in [1.54, 1.807) is 54.6 Å². The number of hydrogen-bond donors (Lipinski definition) is 1. The van der Waals surface area contributed by atoms with Gasteiger partial charge in [0.15, 0.2) is 0 Å². The largest absolute Gasteiger partial charge is 0.495 e. The number of nitrogens with one attached hydrogen (secondary N) is 1.